The number of sulfonamides is 1. The number of hydrogen-bond donors (Lipinski definition) is 1. The molecule has 0 radical (unpaired) electrons. The van der Waals surface area contributed by atoms with Crippen molar-refractivity contribution in [3.05, 3.63) is 96.9 Å². The molecule has 1 N–H and O–H groups in total. The van der Waals surface area contributed by atoms with Crippen LogP contribution in [0.2, 0.25) is 0 Å². The van der Waals surface area contributed by atoms with E-state index in [2.05, 4.69) is 4.98 Å². The molecule has 0 bridgehead atoms. The summed E-state index contributed by atoms with van der Waals surface area (Å²) in [6.45, 7) is 0. The van der Waals surface area contributed by atoms with E-state index in [1.165, 1.54) is 24.3 Å². The van der Waals surface area contributed by atoms with Crippen LogP contribution in [-0.2, 0) is 10.0 Å². The molecule has 0 spiro atoms. The van der Waals surface area contributed by atoms with Crippen molar-refractivity contribution in [3.8, 4) is 23.0 Å². The molecule has 0 fully saturated rings. The molecule has 1 heterocycles. The van der Waals surface area contributed by atoms with Crippen LogP contribution in [0.4, 0.5) is 0 Å². The van der Waals surface area contributed by atoms with Crippen molar-refractivity contribution in [2.24, 2.45) is 0 Å². The molecule has 1 aromatic heterocycles. The van der Waals surface area contributed by atoms with Crippen molar-refractivity contribution in [1.29, 1.82) is 0 Å². The summed E-state index contributed by atoms with van der Waals surface area (Å²) in [4.78, 5) is 16.3. The molecular formula is C22H16N2O5S. The molecule has 0 aliphatic rings. The van der Waals surface area contributed by atoms with Gasteiger partial charge in [0.1, 0.15) is 17.8 Å². The van der Waals surface area contributed by atoms with Crippen LogP contribution < -0.4 is 9.46 Å². The Balaban J connectivity index is 1.46. The van der Waals surface area contributed by atoms with Gasteiger partial charge in [0.25, 0.3) is 15.9 Å². The number of ether oxygens (including phenoxy) is 1. The molecule has 7 nitrogen and oxygen atoms in total. The Kier molecular flexibility index (Phi) is 5.32. The highest BCUT2D eigenvalue weighted by atomic mass is 32.2. The summed E-state index contributed by atoms with van der Waals surface area (Å²) < 4.78 is 38.0. The molecule has 8 heteroatoms. The van der Waals surface area contributed by atoms with Crippen LogP contribution in [-0.4, -0.2) is 19.3 Å². The average molecular weight is 420 g/mol. The minimum atomic E-state index is -4.09. The molecule has 0 saturated carbocycles. The maximum Gasteiger partial charge on any atom is 0.286 e. The second kappa shape index (κ2) is 8.22. The van der Waals surface area contributed by atoms with E-state index in [4.69, 9.17) is 9.15 Å². The number of nitrogens with zero attached hydrogens (tertiary/aromatic N) is 1. The summed E-state index contributed by atoms with van der Waals surface area (Å²) in [7, 11) is -4.09. The third-order valence-electron chi connectivity index (χ3n) is 4.10. The van der Waals surface area contributed by atoms with Crippen LogP contribution in [0, 0.1) is 0 Å². The molecule has 0 unspecified atom stereocenters. The zero-order valence-corrected chi connectivity index (χ0v) is 16.4. The number of nitrogens with one attached hydrogen (secondary N) is 1. The van der Waals surface area contributed by atoms with Gasteiger partial charge in [0, 0.05) is 5.56 Å². The first kappa shape index (κ1) is 19.4. The summed E-state index contributed by atoms with van der Waals surface area (Å²) in [5, 5.41) is 0. The number of benzene rings is 3. The van der Waals surface area contributed by atoms with E-state index in [0.29, 0.717) is 17.1 Å². The Bertz CT molecular complexity index is 1250. The Morgan fingerprint density at radius 2 is 1.43 bits per heavy atom. The summed E-state index contributed by atoms with van der Waals surface area (Å²) in [5.41, 5.74) is 0.537. The van der Waals surface area contributed by atoms with Crippen LogP contribution in [0.1, 0.15) is 10.5 Å². The van der Waals surface area contributed by atoms with Gasteiger partial charge in [-0.25, -0.2) is 18.1 Å². The first-order chi connectivity index (χ1) is 14.5. The van der Waals surface area contributed by atoms with E-state index in [1.54, 1.807) is 36.4 Å². The normalized spacial score (nSPS) is 11.1. The van der Waals surface area contributed by atoms with Gasteiger partial charge < -0.3 is 9.15 Å². The zero-order chi connectivity index (χ0) is 21.0. The molecule has 3 aromatic carbocycles. The van der Waals surface area contributed by atoms with Gasteiger partial charge in [0.2, 0.25) is 5.89 Å². The maximum atomic E-state index is 12.5. The molecule has 4 aromatic rings. The standard InChI is InChI=1S/C22H16N2O5S/c25-21(20-15-28-22(23-20)16-7-3-1-4-8-16)24-30(26,27)19-13-11-18(12-14-19)29-17-9-5-2-6-10-17/h1-15H,(H,24,25). The van der Waals surface area contributed by atoms with Crippen molar-refractivity contribution in [1.82, 2.24) is 9.71 Å². The highest BCUT2D eigenvalue weighted by Crippen LogP contribution is 2.23. The Hall–Kier alpha value is -3.91. The SMILES string of the molecule is O=C(NS(=O)(=O)c1ccc(Oc2ccccc2)cc1)c1coc(-c2ccccc2)n1. The lowest BCUT2D eigenvalue weighted by Gasteiger charge is -2.08. The number of rotatable bonds is 6. The highest BCUT2D eigenvalue weighted by molar-refractivity contribution is 7.90. The van der Waals surface area contributed by atoms with E-state index in [9.17, 15) is 13.2 Å². The van der Waals surface area contributed by atoms with Crippen LogP contribution in [0.5, 0.6) is 11.5 Å². The Morgan fingerprint density at radius 3 is 2.10 bits per heavy atom. The molecule has 0 atom stereocenters. The number of hydrogen-bond acceptors (Lipinski definition) is 6. The lowest BCUT2D eigenvalue weighted by Crippen LogP contribution is -2.30. The van der Waals surface area contributed by atoms with Gasteiger partial charge in [0.05, 0.1) is 4.90 Å². The predicted molar refractivity (Wildman–Crippen MR) is 110 cm³/mol. The first-order valence-corrected chi connectivity index (χ1v) is 10.4. The number of carbonyl (C=O) groups excluding carboxylic acids is 1. The number of amides is 1. The van der Waals surface area contributed by atoms with Gasteiger partial charge in [0.15, 0.2) is 5.69 Å². The molecular weight excluding hydrogens is 404 g/mol. The minimum absolute atomic E-state index is 0.0805. The van der Waals surface area contributed by atoms with E-state index >= 15 is 0 Å². The fraction of sp³-hybridized carbons (Fsp3) is 0. The van der Waals surface area contributed by atoms with E-state index in [-0.39, 0.29) is 16.5 Å². The number of oxazole rings is 1. The minimum Gasteiger partial charge on any atom is -0.457 e. The van der Waals surface area contributed by atoms with Gasteiger partial charge in [-0.3, -0.25) is 4.79 Å². The second-order valence-electron chi connectivity index (χ2n) is 6.23. The van der Waals surface area contributed by atoms with E-state index in [0.717, 1.165) is 6.26 Å². The van der Waals surface area contributed by atoms with Crippen LogP contribution in [0.25, 0.3) is 11.5 Å². The van der Waals surface area contributed by atoms with Crippen LogP contribution >= 0.6 is 0 Å². The Labute approximate surface area is 173 Å². The van der Waals surface area contributed by atoms with Crippen molar-refractivity contribution in [3.63, 3.8) is 0 Å². The highest BCUT2D eigenvalue weighted by Gasteiger charge is 2.21. The Morgan fingerprint density at radius 1 is 0.833 bits per heavy atom. The number of aromatic nitrogens is 1. The summed E-state index contributed by atoms with van der Waals surface area (Å²) in [6.07, 6.45) is 1.12. The number of carbonyl (C=O) groups is 1. The molecule has 0 aliphatic heterocycles. The molecule has 150 valence electrons. The summed E-state index contributed by atoms with van der Waals surface area (Å²) in [6, 6.07) is 23.8. The van der Waals surface area contributed by atoms with Gasteiger partial charge in [-0.2, -0.15) is 0 Å². The monoisotopic (exact) mass is 420 g/mol. The van der Waals surface area contributed by atoms with Crippen molar-refractivity contribution in [2.45, 2.75) is 4.90 Å². The topological polar surface area (TPSA) is 98.5 Å². The fourth-order valence-electron chi connectivity index (χ4n) is 2.64. The quantitative estimate of drug-likeness (QED) is 0.501. The third kappa shape index (κ3) is 4.39. The molecule has 1 amide bonds. The van der Waals surface area contributed by atoms with E-state index < -0.39 is 15.9 Å². The van der Waals surface area contributed by atoms with Crippen molar-refractivity contribution in [2.75, 3.05) is 0 Å². The second-order valence-corrected chi connectivity index (χ2v) is 7.91. The van der Waals surface area contributed by atoms with Crippen molar-refractivity contribution < 1.29 is 22.4 Å². The average Bonchev–Trinajstić information content (AvgIpc) is 3.26. The van der Waals surface area contributed by atoms with Crippen molar-refractivity contribution >= 4 is 15.9 Å². The molecule has 0 aliphatic carbocycles. The summed E-state index contributed by atoms with van der Waals surface area (Å²) in [5.74, 6) is 0.434. The van der Waals surface area contributed by atoms with Crippen LogP contribution in [0.15, 0.2) is 101 Å². The van der Waals surface area contributed by atoms with Gasteiger partial charge in [-0.05, 0) is 48.5 Å². The smallest absolute Gasteiger partial charge is 0.286 e. The molecule has 4 rings (SSSR count). The molecule has 0 saturated heterocycles. The lowest BCUT2D eigenvalue weighted by molar-refractivity contribution is 0.0976. The summed E-state index contributed by atoms with van der Waals surface area (Å²) >= 11 is 0. The van der Waals surface area contributed by atoms with Crippen LogP contribution in [0.3, 0.4) is 0 Å². The van der Waals surface area contributed by atoms with E-state index in [1.807, 2.05) is 29.0 Å². The van der Waals surface area contributed by atoms with Gasteiger partial charge in [-0.15, -0.1) is 0 Å². The predicted octanol–water partition coefficient (Wildman–Crippen LogP) is 4.25. The maximum absolute atomic E-state index is 12.5. The third-order valence-corrected chi connectivity index (χ3v) is 5.44. The number of para-hydroxylation sites is 1. The largest absolute Gasteiger partial charge is 0.457 e. The molecule has 30 heavy (non-hydrogen) atoms. The first-order valence-electron chi connectivity index (χ1n) is 8.92. The fourth-order valence-corrected chi connectivity index (χ4v) is 3.60. The van der Waals surface area contributed by atoms with Gasteiger partial charge >= 0.3 is 0 Å². The lowest BCUT2D eigenvalue weighted by atomic mass is 10.2. The zero-order valence-electron chi connectivity index (χ0n) is 15.6. The van der Waals surface area contributed by atoms with Gasteiger partial charge in [-0.1, -0.05) is 36.4 Å².